The zero-order chi connectivity index (χ0) is 62.3. The molecule has 2 aromatic carbocycles. The third-order valence-corrected chi connectivity index (χ3v) is 8.97. The summed E-state index contributed by atoms with van der Waals surface area (Å²) in [5.74, 6) is 13.3. The lowest BCUT2D eigenvalue weighted by Gasteiger charge is -2.19. The predicted molar refractivity (Wildman–Crippen MR) is 294 cm³/mol. The zero-order valence-electron chi connectivity index (χ0n) is 46.7. The summed E-state index contributed by atoms with van der Waals surface area (Å²) in [5, 5.41) is 61.4. The van der Waals surface area contributed by atoms with Gasteiger partial charge in [-0.05, 0) is 110 Å². The van der Waals surface area contributed by atoms with Gasteiger partial charge in [0.25, 0.3) is 17.1 Å². The third kappa shape index (κ3) is 26.7. The van der Waals surface area contributed by atoms with Crippen molar-refractivity contribution in [1.29, 1.82) is 0 Å². The number of amides is 2. The molecule has 0 aliphatic heterocycles. The Bertz CT molecular complexity index is 3190. The molecule has 6 rings (SSSR count). The van der Waals surface area contributed by atoms with Crippen molar-refractivity contribution < 1.29 is 72.4 Å². The number of fused-ring (bicyclic) bond motifs is 1. The van der Waals surface area contributed by atoms with E-state index in [9.17, 15) is 64.7 Å². The number of nitrogens with zero attached hydrogens (tertiary/aromatic N) is 8. The van der Waals surface area contributed by atoms with Crippen LogP contribution in [0.25, 0.3) is 5.52 Å². The largest absolute Gasteiger partial charge is 0.868 e. The fourth-order valence-electron chi connectivity index (χ4n) is 5.62. The molecule has 30 heteroatoms. The average Bonchev–Trinajstić information content (AvgIpc) is 4.06. The van der Waals surface area contributed by atoms with Gasteiger partial charge in [-0.2, -0.15) is 11.0 Å². The Labute approximate surface area is 469 Å². The molecule has 0 bridgehead atoms. The second-order valence-electron chi connectivity index (χ2n) is 17.8. The van der Waals surface area contributed by atoms with Gasteiger partial charge < -0.3 is 28.9 Å². The van der Waals surface area contributed by atoms with Crippen molar-refractivity contribution in [3.63, 3.8) is 0 Å². The maximum absolute atomic E-state index is 11.9. The summed E-state index contributed by atoms with van der Waals surface area (Å²) >= 11 is 0. The number of carbonyl (C=O) groups is 4. The second-order valence-corrected chi connectivity index (χ2v) is 17.8. The van der Waals surface area contributed by atoms with Crippen LogP contribution in [0, 0.1) is 59.2 Å². The van der Waals surface area contributed by atoms with Crippen molar-refractivity contribution >= 4 is 63.8 Å². The molecule has 82 heavy (non-hydrogen) atoms. The maximum Gasteiger partial charge on any atom is 0.412 e. The zero-order valence-corrected chi connectivity index (χ0v) is 46.7. The fraction of sp³-hybridized carbons (Fsp3) is 0.327. The van der Waals surface area contributed by atoms with Gasteiger partial charge in [0.05, 0.1) is 61.9 Å². The highest BCUT2D eigenvalue weighted by Gasteiger charge is 2.22. The number of carbonyl (C=O) groups excluding carboxylic acids is 4. The van der Waals surface area contributed by atoms with Crippen LogP contribution in [0.15, 0.2) is 104 Å². The van der Waals surface area contributed by atoms with Crippen LogP contribution in [-0.2, 0) is 30.2 Å². The molecule has 0 saturated carbocycles. The van der Waals surface area contributed by atoms with Crippen molar-refractivity contribution in [2.45, 2.75) is 100 Å². The Morgan fingerprint density at radius 1 is 0.695 bits per heavy atom. The van der Waals surface area contributed by atoms with Crippen molar-refractivity contribution in [2.75, 3.05) is 29.7 Å². The number of hydrogen-bond acceptors (Lipinski definition) is 22. The topological polar surface area (TPSA) is 420 Å². The van der Waals surface area contributed by atoms with Gasteiger partial charge in [-0.15, -0.1) is 0 Å². The molecule has 4 heterocycles. The van der Waals surface area contributed by atoms with Gasteiger partial charge in [0.2, 0.25) is 18.1 Å². The van der Waals surface area contributed by atoms with Crippen molar-refractivity contribution in [2.24, 2.45) is 5.90 Å². The van der Waals surface area contributed by atoms with E-state index in [2.05, 4.69) is 42.1 Å². The Kier molecular flexibility index (Phi) is 29.1. The first-order valence-electron chi connectivity index (χ1n) is 24.3. The molecule has 0 fully saturated rings. The van der Waals surface area contributed by atoms with Crippen LogP contribution in [0.1, 0.15) is 97.3 Å². The molecule has 2 amide bonds. The molecule has 30 nitrogen and oxygen atoms in total. The number of non-ortho nitro benzene ring substituents is 2. The molecule has 0 saturated heterocycles. The summed E-state index contributed by atoms with van der Waals surface area (Å²) in [4.78, 5) is 90.7. The van der Waals surface area contributed by atoms with Gasteiger partial charge in [-0.1, -0.05) is 30.5 Å². The van der Waals surface area contributed by atoms with Crippen LogP contribution in [0.3, 0.4) is 0 Å². The van der Waals surface area contributed by atoms with Gasteiger partial charge >= 0.3 is 29.8 Å². The number of pyridine rings is 3. The van der Waals surface area contributed by atoms with Crippen LogP contribution in [0.2, 0.25) is 0 Å². The van der Waals surface area contributed by atoms with Crippen LogP contribution in [0.5, 0.6) is 11.5 Å². The molecular formula is C52H64N12O18. The molecule has 440 valence electrons. The number of hydrogen-bond donors (Lipinski definition) is 4. The number of nitrogen functional groups attached to an aromatic ring is 1. The van der Waals surface area contributed by atoms with E-state index in [1.54, 1.807) is 67.4 Å². The lowest BCUT2D eigenvalue weighted by Crippen LogP contribution is -2.43. The van der Waals surface area contributed by atoms with E-state index >= 15 is 0 Å². The molecule has 6 aromatic rings. The number of aromatic nitrogens is 4. The van der Waals surface area contributed by atoms with Gasteiger partial charge in [-0.25, -0.2) is 29.5 Å². The summed E-state index contributed by atoms with van der Waals surface area (Å²) in [5.41, 5.74) is 1.47. The van der Waals surface area contributed by atoms with Crippen LogP contribution < -0.4 is 37.0 Å². The van der Waals surface area contributed by atoms with Gasteiger partial charge in [0.1, 0.15) is 16.8 Å². The number of aryl methyl sites for hydroxylation is 2. The van der Waals surface area contributed by atoms with E-state index in [0.29, 0.717) is 42.6 Å². The fourth-order valence-corrected chi connectivity index (χ4v) is 5.62. The molecule has 0 spiro atoms. The smallest absolute Gasteiger partial charge is 0.412 e. The van der Waals surface area contributed by atoms with Crippen molar-refractivity contribution in [1.82, 2.24) is 14.6 Å². The first-order chi connectivity index (χ1) is 38.4. The number of esters is 2. The van der Waals surface area contributed by atoms with E-state index in [1.165, 1.54) is 4.68 Å². The van der Waals surface area contributed by atoms with Crippen molar-refractivity contribution in [3.05, 3.63) is 161 Å². The van der Waals surface area contributed by atoms with Gasteiger partial charge in [0.15, 0.2) is 0 Å². The normalized spacial score (nSPS) is 10.0. The number of rotatable bonds is 11. The number of nitro benzene ring substituents is 4. The number of ether oxygens (including phenoxy) is 4. The lowest BCUT2D eigenvalue weighted by molar-refractivity contribution is -0.638. The summed E-state index contributed by atoms with van der Waals surface area (Å²) in [6.45, 7) is 21.1. The van der Waals surface area contributed by atoms with Gasteiger partial charge in [-0.3, -0.25) is 56.1 Å². The molecule has 4 aromatic heterocycles. The number of nitrogens with one attached hydrogen (secondary N) is 2. The van der Waals surface area contributed by atoms with Gasteiger partial charge in [0, 0.05) is 60.9 Å². The van der Waals surface area contributed by atoms with Crippen LogP contribution >= 0.6 is 0 Å². The highest BCUT2D eigenvalue weighted by molar-refractivity contribution is 5.98. The summed E-state index contributed by atoms with van der Waals surface area (Å²) < 4.78 is 22.9. The monoisotopic (exact) mass is 1140 g/mol. The first kappa shape index (κ1) is 69.4. The van der Waals surface area contributed by atoms with E-state index in [0.717, 1.165) is 53.5 Å². The molecule has 0 atom stereocenters. The standard InChI is InChI=1S/C13H16N2O2.C10H15N3O2.C10H14N2O2.C7H10O2.C6H5N3O5.C6H4N2O5/c1-4-10-12(13(16)17-5-2)11-8-9(3)6-7-15(11)14-10;1-10(2,3)15-9(14)12-8-4-6-13(11)7-5-8;1-10(2,3)14-9(13)12-8-4-6-11-7-5-8;1-3-5-6-7(8)9-4-2;7-14-6-2-1-4(8(10)11)3-5(6)9(12)13;9-6-2-1-4(7(10)11)3-5(6)8(12)13/h6-8H,4-5H2,1-3H3;4-7H,11H2,1-3H3;4-7H,1-3H3,(H,11,12,13);3-4H2,1-2H3;1-3H,7H2;1-3,9H. The molecular weight excluding hydrogens is 1080 g/mol. The number of benzene rings is 2. The van der Waals surface area contributed by atoms with E-state index in [1.807, 2.05) is 80.6 Å². The minimum atomic E-state index is -0.949. The summed E-state index contributed by atoms with van der Waals surface area (Å²) in [7, 11) is 0. The molecule has 0 aliphatic rings. The molecule has 0 unspecified atom stereocenters. The Morgan fingerprint density at radius 2 is 1.20 bits per heavy atom. The minimum Gasteiger partial charge on any atom is -0.868 e. The molecule has 6 N–H and O–H groups in total. The van der Waals surface area contributed by atoms with Crippen LogP contribution in [-0.4, -0.2) is 82.8 Å². The summed E-state index contributed by atoms with van der Waals surface area (Å²) in [6, 6.07) is 16.0. The number of nitrogens with two attached hydrogens (primary N) is 2. The molecule has 0 aliphatic carbocycles. The molecule has 0 radical (unpaired) electrons. The Morgan fingerprint density at radius 3 is 1.65 bits per heavy atom. The Hall–Kier alpha value is -10.6. The lowest BCUT2D eigenvalue weighted by atomic mass is 10.1. The number of anilines is 2. The van der Waals surface area contributed by atoms with E-state index in [4.69, 9.17) is 26.0 Å². The third-order valence-electron chi connectivity index (χ3n) is 8.97. The minimum absolute atomic E-state index is 0.222. The Balaban J connectivity index is 0.000000496. The maximum atomic E-state index is 11.9. The first-order valence-corrected chi connectivity index (χ1v) is 24.3. The predicted octanol–water partition coefficient (Wildman–Crippen LogP) is 8.14. The highest BCUT2D eigenvalue weighted by atomic mass is 16.7. The second kappa shape index (κ2) is 34.3. The quantitative estimate of drug-likeness (QED) is 0.0139. The van der Waals surface area contributed by atoms with E-state index in [-0.39, 0.29) is 11.7 Å². The summed E-state index contributed by atoms with van der Waals surface area (Å²) in [6.07, 6.45) is 8.82. The highest BCUT2D eigenvalue weighted by Crippen LogP contribution is 2.30. The SMILES string of the molecule is CC(C)(C)OC(=O)Nc1cc[n+](N)cc1.CC(C)(C)OC(=O)Nc1ccncc1.CCC#CC(=O)OCC.CCOC(=O)c1c(CC)nn2ccc(C)cc12.NOc1ccc([N+](=O)[O-])cc1[N+](=O)[O-].O=[N+]([O-])c1ccc([O-])c([N+](=O)[O-])c1. The van der Waals surface area contributed by atoms with Crippen LogP contribution in [0.4, 0.5) is 43.7 Å². The van der Waals surface area contributed by atoms with E-state index < -0.39 is 77.6 Å². The average molecular weight is 1150 g/mol. The number of nitro groups is 4. The van der Waals surface area contributed by atoms with Crippen molar-refractivity contribution in [3.8, 4) is 23.3 Å².